The molecule has 0 radical (unpaired) electrons. The van der Waals surface area contributed by atoms with E-state index >= 15 is 0 Å². The molecule has 1 amide bonds. The molecule has 7 heteroatoms. The predicted molar refractivity (Wildman–Crippen MR) is 105 cm³/mol. The maximum atomic E-state index is 12.9. The van der Waals surface area contributed by atoms with Crippen LogP contribution in [0, 0.1) is 13.8 Å². The van der Waals surface area contributed by atoms with Gasteiger partial charge in [-0.2, -0.15) is 0 Å². The second-order valence-electron chi connectivity index (χ2n) is 6.49. The number of nitrogens with one attached hydrogen (secondary N) is 1. The molecular formula is C21H26N2O5. The van der Waals surface area contributed by atoms with E-state index in [1.807, 2.05) is 6.92 Å². The standard InChI is InChI=1S/C21H26N2O5/c1-6-11-23(20(25)15-7-9-16(27-4)10-8-15)12-17(24)18-13(2)19(21(26)28-5)22-14(18)3/h7-10,22H,6,11-12H2,1-5H3. The van der Waals surface area contributed by atoms with Crippen molar-refractivity contribution in [2.24, 2.45) is 0 Å². The molecule has 1 heterocycles. The van der Waals surface area contributed by atoms with Crippen molar-refractivity contribution in [3.63, 3.8) is 0 Å². The maximum Gasteiger partial charge on any atom is 0.354 e. The van der Waals surface area contributed by atoms with Crippen LogP contribution in [0.2, 0.25) is 0 Å². The second-order valence-corrected chi connectivity index (χ2v) is 6.49. The normalized spacial score (nSPS) is 10.5. The Labute approximate surface area is 164 Å². The largest absolute Gasteiger partial charge is 0.497 e. The zero-order chi connectivity index (χ0) is 20.8. The Balaban J connectivity index is 2.26. The van der Waals surface area contributed by atoms with Crippen LogP contribution >= 0.6 is 0 Å². The minimum atomic E-state index is -0.528. The molecule has 150 valence electrons. The molecule has 0 spiro atoms. The second kappa shape index (κ2) is 9.21. The van der Waals surface area contributed by atoms with Gasteiger partial charge in [0.15, 0.2) is 5.78 Å². The Morgan fingerprint density at radius 2 is 1.71 bits per heavy atom. The number of nitrogens with zero attached hydrogens (tertiary/aromatic N) is 1. The number of amides is 1. The Morgan fingerprint density at radius 3 is 2.25 bits per heavy atom. The van der Waals surface area contributed by atoms with Crippen LogP contribution < -0.4 is 4.74 Å². The number of aryl methyl sites for hydroxylation is 1. The lowest BCUT2D eigenvalue weighted by Gasteiger charge is -2.22. The number of rotatable bonds is 8. The SMILES string of the molecule is CCCN(CC(=O)c1c(C)[nH]c(C(=O)OC)c1C)C(=O)c1ccc(OC)cc1. The van der Waals surface area contributed by atoms with E-state index in [2.05, 4.69) is 4.98 Å². The average Bonchev–Trinajstić information content (AvgIpc) is 3.00. The molecule has 2 aromatic rings. The summed E-state index contributed by atoms with van der Waals surface area (Å²) in [5.74, 6) is -0.323. The van der Waals surface area contributed by atoms with Crippen LogP contribution in [0.4, 0.5) is 0 Å². The van der Waals surface area contributed by atoms with Crippen molar-refractivity contribution >= 4 is 17.7 Å². The monoisotopic (exact) mass is 386 g/mol. The summed E-state index contributed by atoms with van der Waals surface area (Å²) < 4.78 is 9.86. The molecule has 0 saturated carbocycles. The van der Waals surface area contributed by atoms with E-state index in [-0.39, 0.29) is 23.9 Å². The smallest absolute Gasteiger partial charge is 0.354 e. The number of carbonyl (C=O) groups excluding carboxylic acids is 3. The van der Waals surface area contributed by atoms with Crippen molar-refractivity contribution in [2.45, 2.75) is 27.2 Å². The summed E-state index contributed by atoms with van der Waals surface area (Å²) >= 11 is 0. The highest BCUT2D eigenvalue weighted by molar-refractivity contribution is 6.05. The Hall–Kier alpha value is -3.09. The number of methoxy groups -OCH3 is 2. The number of H-pyrrole nitrogens is 1. The third-order valence-corrected chi connectivity index (χ3v) is 4.56. The first-order valence-corrected chi connectivity index (χ1v) is 9.08. The molecule has 2 rings (SSSR count). The molecule has 0 aliphatic heterocycles. The number of hydrogen-bond acceptors (Lipinski definition) is 5. The zero-order valence-corrected chi connectivity index (χ0v) is 16.9. The number of benzene rings is 1. The molecule has 1 aromatic carbocycles. The lowest BCUT2D eigenvalue weighted by molar-refractivity contribution is 0.0593. The van der Waals surface area contributed by atoms with Crippen molar-refractivity contribution in [1.29, 1.82) is 0 Å². The molecule has 1 N–H and O–H groups in total. The van der Waals surface area contributed by atoms with Crippen LogP contribution in [-0.2, 0) is 4.74 Å². The molecule has 7 nitrogen and oxygen atoms in total. The third kappa shape index (κ3) is 4.42. The van der Waals surface area contributed by atoms with Crippen molar-refractivity contribution in [1.82, 2.24) is 9.88 Å². The molecule has 0 aliphatic rings. The van der Waals surface area contributed by atoms with Gasteiger partial charge in [0, 0.05) is 23.4 Å². The molecule has 0 aliphatic carbocycles. The highest BCUT2D eigenvalue weighted by Gasteiger charge is 2.25. The van der Waals surface area contributed by atoms with E-state index in [0.717, 1.165) is 0 Å². The van der Waals surface area contributed by atoms with E-state index in [4.69, 9.17) is 9.47 Å². The van der Waals surface area contributed by atoms with Gasteiger partial charge < -0.3 is 19.4 Å². The van der Waals surface area contributed by atoms with E-state index in [9.17, 15) is 14.4 Å². The highest BCUT2D eigenvalue weighted by atomic mass is 16.5. The third-order valence-electron chi connectivity index (χ3n) is 4.56. The lowest BCUT2D eigenvalue weighted by Crippen LogP contribution is -2.36. The van der Waals surface area contributed by atoms with Gasteiger partial charge in [0.05, 0.1) is 20.8 Å². The molecule has 0 unspecified atom stereocenters. The molecule has 1 aromatic heterocycles. The highest BCUT2D eigenvalue weighted by Crippen LogP contribution is 2.20. The fraction of sp³-hybridized carbons (Fsp3) is 0.381. The molecule has 0 fully saturated rings. The quantitative estimate of drug-likeness (QED) is 0.556. The summed E-state index contributed by atoms with van der Waals surface area (Å²) in [6.45, 7) is 5.74. The molecular weight excluding hydrogens is 360 g/mol. The van der Waals surface area contributed by atoms with E-state index < -0.39 is 5.97 Å². The van der Waals surface area contributed by atoms with Crippen molar-refractivity contribution in [2.75, 3.05) is 27.3 Å². The number of ketones is 1. The number of Topliss-reactive ketones (excluding diaryl/α,β-unsaturated/α-hetero) is 1. The average molecular weight is 386 g/mol. The fourth-order valence-corrected chi connectivity index (χ4v) is 3.17. The number of aromatic nitrogens is 1. The van der Waals surface area contributed by atoms with E-state index in [1.165, 1.54) is 12.0 Å². The summed E-state index contributed by atoms with van der Waals surface area (Å²) in [5, 5.41) is 0. The van der Waals surface area contributed by atoms with Crippen LogP contribution in [-0.4, -0.2) is 54.9 Å². The fourth-order valence-electron chi connectivity index (χ4n) is 3.17. The van der Waals surface area contributed by atoms with Crippen LogP contribution in [0.1, 0.15) is 55.8 Å². The topological polar surface area (TPSA) is 88.7 Å². The first-order chi connectivity index (χ1) is 13.3. The van der Waals surface area contributed by atoms with Crippen LogP contribution in [0.25, 0.3) is 0 Å². The summed E-state index contributed by atoms with van der Waals surface area (Å²) in [4.78, 5) is 42.1. The Morgan fingerprint density at radius 1 is 1.07 bits per heavy atom. The van der Waals surface area contributed by atoms with Gasteiger partial charge in [-0.1, -0.05) is 6.92 Å². The maximum absolute atomic E-state index is 12.9. The van der Waals surface area contributed by atoms with Crippen molar-refractivity contribution in [3.05, 3.63) is 52.3 Å². The predicted octanol–water partition coefficient (Wildman–Crippen LogP) is 3.16. The van der Waals surface area contributed by atoms with Crippen molar-refractivity contribution in [3.8, 4) is 5.75 Å². The van der Waals surface area contributed by atoms with Crippen LogP contribution in [0.15, 0.2) is 24.3 Å². The first-order valence-electron chi connectivity index (χ1n) is 9.08. The Bertz CT molecular complexity index is 868. The number of esters is 1. The number of hydrogen-bond donors (Lipinski definition) is 1. The van der Waals surface area contributed by atoms with Gasteiger partial charge in [0.1, 0.15) is 11.4 Å². The van der Waals surface area contributed by atoms with E-state index in [1.54, 1.807) is 45.2 Å². The zero-order valence-electron chi connectivity index (χ0n) is 16.9. The van der Waals surface area contributed by atoms with Gasteiger partial charge in [-0.3, -0.25) is 9.59 Å². The van der Waals surface area contributed by atoms with Gasteiger partial charge >= 0.3 is 5.97 Å². The summed E-state index contributed by atoms with van der Waals surface area (Å²) in [6.07, 6.45) is 0.716. The first kappa shape index (κ1) is 21.2. The molecule has 0 bridgehead atoms. The van der Waals surface area contributed by atoms with Gasteiger partial charge in [-0.25, -0.2) is 4.79 Å². The molecule has 0 atom stereocenters. The summed E-state index contributed by atoms with van der Waals surface area (Å²) in [6, 6.07) is 6.78. The minimum absolute atomic E-state index is 0.0706. The number of carbonyl (C=O) groups is 3. The molecule has 0 saturated heterocycles. The number of ether oxygens (including phenoxy) is 2. The lowest BCUT2D eigenvalue weighted by atomic mass is 10.0. The van der Waals surface area contributed by atoms with Gasteiger partial charge in [0.25, 0.3) is 5.91 Å². The minimum Gasteiger partial charge on any atom is -0.497 e. The Kier molecular flexibility index (Phi) is 6.98. The van der Waals surface area contributed by atoms with E-state index in [0.29, 0.717) is 41.1 Å². The van der Waals surface area contributed by atoms with Gasteiger partial charge in [0.2, 0.25) is 0 Å². The van der Waals surface area contributed by atoms with Crippen molar-refractivity contribution < 1.29 is 23.9 Å². The van der Waals surface area contributed by atoms with Gasteiger partial charge in [-0.15, -0.1) is 0 Å². The van der Waals surface area contributed by atoms with Crippen LogP contribution in [0.3, 0.4) is 0 Å². The van der Waals surface area contributed by atoms with Gasteiger partial charge in [-0.05, 0) is 50.1 Å². The summed E-state index contributed by atoms with van der Waals surface area (Å²) in [5.41, 5.74) is 2.27. The molecule has 28 heavy (non-hydrogen) atoms. The number of aromatic amines is 1. The van der Waals surface area contributed by atoms with Crippen LogP contribution in [0.5, 0.6) is 5.75 Å². The summed E-state index contributed by atoms with van der Waals surface area (Å²) in [7, 11) is 2.85.